The van der Waals surface area contributed by atoms with E-state index in [1.54, 1.807) is 6.07 Å². The lowest BCUT2D eigenvalue weighted by Gasteiger charge is -2.05. The summed E-state index contributed by atoms with van der Waals surface area (Å²) in [6.07, 6.45) is 0. The number of hydrogen-bond acceptors (Lipinski definition) is 2. The minimum atomic E-state index is -0.335. The van der Waals surface area contributed by atoms with Crippen LogP contribution in [0.15, 0.2) is 18.2 Å². The van der Waals surface area contributed by atoms with Gasteiger partial charge in [0.25, 0.3) is 0 Å². The molecule has 0 unspecified atom stereocenters. The lowest BCUT2D eigenvalue weighted by atomic mass is 10.3. The predicted molar refractivity (Wildman–Crippen MR) is 49.0 cm³/mol. The third-order valence-corrected chi connectivity index (χ3v) is 1.70. The van der Waals surface area contributed by atoms with Crippen molar-refractivity contribution in [3.05, 3.63) is 29.0 Å². The number of nitrogens with two attached hydrogens (primary N) is 1. The SMILES string of the molecule is NCCNc1ccc(F)cc1Cl. The van der Waals surface area contributed by atoms with Gasteiger partial charge >= 0.3 is 0 Å². The summed E-state index contributed by atoms with van der Waals surface area (Å²) < 4.78 is 12.5. The number of hydrogen-bond donors (Lipinski definition) is 2. The Hall–Kier alpha value is -0.800. The van der Waals surface area contributed by atoms with Crippen LogP contribution in [0.1, 0.15) is 0 Å². The van der Waals surface area contributed by atoms with Crippen LogP contribution in [-0.2, 0) is 0 Å². The molecule has 12 heavy (non-hydrogen) atoms. The Morgan fingerprint density at radius 1 is 1.50 bits per heavy atom. The van der Waals surface area contributed by atoms with Gasteiger partial charge in [0.05, 0.1) is 10.7 Å². The molecule has 1 rings (SSSR count). The second-order valence-electron chi connectivity index (χ2n) is 2.34. The standard InChI is InChI=1S/C8H10ClFN2/c9-7-5-6(10)1-2-8(7)12-4-3-11/h1-2,5,12H,3-4,11H2. The van der Waals surface area contributed by atoms with Crippen LogP contribution in [0.25, 0.3) is 0 Å². The summed E-state index contributed by atoms with van der Waals surface area (Å²) in [6, 6.07) is 4.21. The van der Waals surface area contributed by atoms with E-state index in [9.17, 15) is 4.39 Å². The van der Waals surface area contributed by atoms with Crippen LogP contribution < -0.4 is 11.1 Å². The number of halogens is 2. The highest BCUT2D eigenvalue weighted by atomic mass is 35.5. The number of nitrogens with one attached hydrogen (secondary N) is 1. The lowest BCUT2D eigenvalue weighted by Crippen LogP contribution is -2.13. The van der Waals surface area contributed by atoms with Crippen LogP contribution in [0.2, 0.25) is 5.02 Å². The smallest absolute Gasteiger partial charge is 0.124 e. The molecule has 0 amide bonds. The average molecular weight is 189 g/mol. The normalized spacial score (nSPS) is 9.92. The van der Waals surface area contributed by atoms with E-state index in [0.717, 1.165) is 0 Å². The van der Waals surface area contributed by atoms with Gasteiger partial charge in [-0.3, -0.25) is 0 Å². The Morgan fingerprint density at radius 3 is 2.83 bits per heavy atom. The van der Waals surface area contributed by atoms with Crippen molar-refractivity contribution < 1.29 is 4.39 Å². The highest BCUT2D eigenvalue weighted by molar-refractivity contribution is 6.33. The van der Waals surface area contributed by atoms with Crippen LogP contribution in [0, 0.1) is 5.82 Å². The van der Waals surface area contributed by atoms with Crippen molar-refractivity contribution >= 4 is 17.3 Å². The van der Waals surface area contributed by atoms with Gasteiger partial charge in [0.2, 0.25) is 0 Å². The molecular formula is C8H10ClFN2. The zero-order valence-electron chi connectivity index (χ0n) is 6.48. The van der Waals surface area contributed by atoms with E-state index >= 15 is 0 Å². The number of rotatable bonds is 3. The summed E-state index contributed by atoms with van der Waals surface area (Å²) in [7, 11) is 0. The molecule has 0 saturated carbocycles. The molecule has 0 aromatic heterocycles. The Bertz CT molecular complexity index is 265. The van der Waals surface area contributed by atoms with Crippen molar-refractivity contribution in [3.8, 4) is 0 Å². The zero-order valence-corrected chi connectivity index (χ0v) is 7.24. The maximum atomic E-state index is 12.5. The number of anilines is 1. The first-order valence-electron chi connectivity index (χ1n) is 3.63. The van der Waals surface area contributed by atoms with E-state index in [4.69, 9.17) is 17.3 Å². The van der Waals surface area contributed by atoms with E-state index in [1.807, 2.05) is 0 Å². The zero-order chi connectivity index (χ0) is 8.97. The van der Waals surface area contributed by atoms with Gasteiger partial charge in [0.1, 0.15) is 5.82 Å². The molecule has 0 bridgehead atoms. The summed E-state index contributed by atoms with van der Waals surface area (Å²) in [4.78, 5) is 0. The molecule has 4 heteroatoms. The maximum absolute atomic E-state index is 12.5. The molecule has 0 aliphatic carbocycles. The summed E-state index contributed by atoms with van der Waals surface area (Å²) in [6.45, 7) is 1.15. The van der Waals surface area contributed by atoms with Crippen LogP contribution >= 0.6 is 11.6 Å². The van der Waals surface area contributed by atoms with Gasteiger partial charge in [-0.25, -0.2) is 4.39 Å². The molecule has 0 spiro atoms. The maximum Gasteiger partial charge on any atom is 0.124 e. The van der Waals surface area contributed by atoms with Crippen LogP contribution in [0.3, 0.4) is 0 Å². The first-order valence-corrected chi connectivity index (χ1v) is 4.01. The minimum absolute atomic E-state index is 0.335. The van der Waals surface area contributed by atoms with Crippen molar-refractivity contribution in [2.75, 3.05) is 18.4 Å². The highest BCUT2D eigenvalue weighted by Crippen LogP contribution is 2.21. The summed E-state index contributed by atoms with van der Waals surface area (Å²) in [5.74, 6) is -0.335. The third-order valence-electron chi connectivity index (χ3n) is 1.39. The molecule has 0 aliphatic heterocycles. The first kappa shape index (κ1) is 9.29. The Kier molecular flexibility index (Phi) is 3.31. The fourth-order valence-electron chi connectivity index (χ4n) is 0.840. The summed E-state index contributed by atoms with van der Waals surface area (Å²) >= 11 is 5.72. The molecule has 0 saturated heterocycles. The van der Waals surface area contributed by atoms with E-state index in [0.29, 0.717) is 23.8 Å². The second-order valence-corrected chi connectivity index (χ2v) is 2.75. The van der Waals surface area contributed by atoms with Crippen molar-refractivity contribution in [2.45, 2.75) is 0 Å². The van der Waals surface area contributed by atoms with Crippen molar-refractivity contribution in [1.29, 1.82) is 0 Å². The highest BCUT2D eigenvalue weighted by Gasteiger charge is 1.99. The van der Waals surface area contributed by atoms with Gasteiger partial charge in [-0.2, -0.15) is 0 Å². The van der Waals surface area contributed by atoms with Gasteiger partial charge in [-0.05, 0) is 18.2 Å². The van der Waals surface area contributed by atoms with E-state index < -0.39 is 0 Å². The van der Waals surface area contributed by atoms with Gasteiger partial charge in [-0.1, -0.05) is 11.6 Å². The van der Waals surface area contributed by atoms with Crippen LogP contribution in [0.5, 0.6) is 0 Å². The molecule has 0 aliphatic rings. The van der Waals surface area contributed by atoms with Gasteiger partial charge in [0.15, 0.2) is 0 Å². The van der Waals surface area contributed by atoms with E-state index in [1.165, 1.54) is 12.1 Å². The Morgan fingerprint density at radius 2 is 2.25 bits per heavy atom. The molecule has 0 radical (unpaired) electrons. The first-order chi connectivity index (χ1) is 5.74. The largest absolute Gasteiger partial charge is 0.383 e. The van der Waals surface area contributed by atoms with Crippen LogP contribution in [-0.4, -0.2) is 13.1 Å². The van der Waals surface area contributed by atoms with Crippen molar-refractivity contribution in [3.63, 3.8) is 0 Å². The number of benzene rings is 1. The Balaban J connectivity index is 2.72. The molecular weight excluding hydrogens is 179 g/mol. The monoisotopic (exact) mass is 188 g/mol. The molecule has 1 aromatic carbocycles. The van der Waals surface area contributed by atoms with Crippen molar-refractivity contribution in [2.24, 2.45) is 5.73 Å². The molecule has 0 atom stereocenters. The molecule has 0 fully saturated rings. The third kappa shape index (κ3) is 2.36. The fraction of sp³-hybridized carbons (Fsp3) is 0.250. The fourth-order valence-corrected chi connectivity index (χ4v) is 1.07. The molecule has 3 N–H and O–H groups in total. The molecule has 2 nitrogen and oxygen atoms in total. The van der Waals surface area contributed by atoms with Gasteiger partial charge in [0, 0.05) is 13.1 Å². The molecule has 1 aromatic rings. The topological polar surface area (TPSA) is 38.0 Å². The van der Waals surface area contributed by atoms with Gasteiger partial charge in [-0.15, -0.1) is 0 Å². The predicted octanol–water partition coefficient (Wildman–Crippen LogP) is 1.85. The van der Waals surface area contributed by atoms with E-state index in [2.05, 4.69) is 5.32 Å². The van der Waals surface area contributed by atoms with E-state index in [-0.39, 0.29) is 5.82 Å². The van der Waals surface area contributed by atoms with Gasteiger partial charge < -0.3 is 11.1 Å². The molecule has 66 valence electrons. The van der Waals surface area contributed by atoms with Crippen LogP contribution in [0.4, 0.5) is 10.1 Å². The van der Waals surface area contributed by atoms with Crippen molar-refractivity contribution in [1.82, 2.24) is 0 Å². The minimum Gasteiger partial charge on any atom is -0.383 e. The average Bonchev–Trinajstić information content (AvgIpc) is 2.03. The summed E-state index contributed by atoms with van der Waals surface area (Å²) in [5, 5.41) is 3.34. The molecule has 0 heterocycles. The quantitative estimate of drug-likeness (QED) is 0.760. The second kappa shape index (κ2) is 4.28. The lowest BCUT2D eigenvalue weighted by molar-refractivity contribution is 0.628. The summed E-state index contributed by atoms with van der Waals surface area (Å²) in [5.41, 5.74) is 5.99. The Labute approximate surface area is 75.5 Å².